The number of fused-ring (bicyclic) bond motifs is 1. The van der Waals surface area contributed by atoms with Gasteiger partial charge in [0.05, 0.1) is 0 Å². The Hall–Kier alpha value is -2.53. The maximum Gasteiger partial charge on any atom is 0.303 e. The highest BCUT2D eigenvalue weighted by Crippen LogP contribution is 2.30. The van der Waals surface area contributed by atoms with Gasteiger partial charge in [-0.2, -0.15) is 0 Å². The monoisotopic (exact) mass is 341 g/mol. The zero-order valence-electron chi connectivity index (χ0n) is 14.1. The van der Waals surface area contributed by atoms with Gasteiger partial charge in [0.25, 0.3) is 0 Å². The molecule has 0 radical (unpaired) electrons. The van der Waals surface area contributed by atoms with Gasteiger partial charge in [-0.05, 0) is 36.1 Å². The molecule has 1 heterocycles. The average Bonchev–Trinajstić information content (AvgIpc) is 2.64. The lowest BCUT2D eigenvalue weighted by molar-refractivity contribution is -0.137. The largest absolute Gasteiger partial charge is 0.486 e. The second kappa shape index (κ2) is 8.53. The van der Waals surface area contributed by atoms with Gasteiger partial charge in [0, 0.05) is 19.0 Å². The minimum absolute atomic E-state index is 0.103. The van der Waals surface area contributed by atoms with Crippen LogP contribution in [0.3, 0.4) is 0 Å². The summed E-state index contributed by atoms with van der Waals surface area (Å²) in [6.07, 6.45) is 1.55. The van der Waals surface area contributed by atoms with Gasteiger partial charge in [-0.15, -0.1) is 0 Å². The van der Waals surface area contributed by atoms with E-state index in [0.29, 0.717) is 26.2 Å². The number of ether oxygens (including phenoxy) is 2. The fourth-order valence-electron chi connectivity index (χ4n) is 2.93. The number of nitrogens with one attached hydrogen (secondary N) is 1. The molecular formula is C20H23NO4. The van der Waals surface area contributed by atoms with E-state index < -0.39 is 5.97 Å². The summed E-state index contributed by atoms with van der Waals surface area (Å²) < 4.78 is 11.2. The molecule has 2 aromatic carbocycles. The average molecular weight is 341 g/mol. The smallest absolute Gasteiger partial charge is 0.303 e. The Balaban J connectivity index is 1.62. The number of aliphatic carboxylic acids is 1. The van der Waals surface area contributed by atoms with Gasteiger partial charge >= 0.3 is 5.97 Å². The summed E-state index contributed by atoms with van der Waals surface area (Å²) in [6.45, 7) is 1.81. The van der Waals surface area contributed by atoms with Crippen LogP contribution >= 0.6 is 0 Å². The van der Waals surface area contributed by atoms with Gasteiger partial charge in [-0.1, -0.05) is 36.4 Å². The molecule has 25 heavy (non-hydrogen) atoms. The van der Waals surface area contributed by atoms with Crippen LogP contribution in [-0.4, -0.2) is 30.3 Å². The van der Waals surface area contributed by atoms with Crippen LogP contribution in [0.4, 0.5) is 0 Å². The van der Waals surface area contributed by atoms with Gasteiger partial charge in [0.15, 0.2) is 11.5 Å². The van der Waals surface area contributed by atoms with E-state index in [0.717, 1.165) is 23.5 Å². The highest BCUT2D eigenvalue weighted by molar-refractivity contribution is 5.66. The lowest BCUT2D eigenvalue weighted by atomic mass is 10.0. The second-order valence-corrected chi connectivity index (χ2v) is 6.18. The molecule has 5 heteroatoms. The van der Waals surface area contributed by atoms with E-state index >= 15 is 0 Å². The molecule has 0 saturated heterocycles. The minimum Gasteiger partial charge on any atom is -0.486 e. The lowest BCUT2D eigenvalue weighted by Gasteiger charge is -2.21. The second-order valence-electron chi connectivity index (χ2n) is 6.18. The predicted octanol–water partition coefficient (Wildman–Crippen LogP) is 3.02. The quantitative estimate of drug-likeness (QED) is 0.772. The molecule has 0 saturated carbocycles. The summed E-state index contributed by atoms with van der Waals surface area (Å²) in [4.78, 5) is 10.9. The zero-order valence-corrected chi connectivity index (χ0v) is 14.1. The van der Waals surface area contributed by atoms with Crippen molar-refractivity contribution in [3.63, 3.8) is 0 Å². The van der Waals surface area contributed by atoms with Crippen LogP contribution in [0, 0.1) is 0 Å². The van der Waals surface area contributed by atoms with Crippen LogP contribution in [-0.2, 0) is 17.8 Å². The summed E-state index contributed by atoms with van der Waals surface area (Å²) in [5.74, 6) is 0.789. The Kier molecular flexibility index (Phi) is 5.90. The van der Waals surface area contributed by atoms with Crippen molar-refractivity contribution < 1.29 is 19.4 Å². The van der Waals surface area contributed by atoms with E-state index in [4.69, 9.17) is 14.6 Å². The van der Waals surface area contributed by atoms with E-state index in [1.54, 1.807) is 0 Å². The van der Waals surface area contributed by atoms with Crippen molar-refractivity contribution >= 4 is 5.97 Å². The number of hydrogen-bond acceptors (Lipinski definition) is 4. The van der Waals surface area contributed by atoms with Crippen LogP contribution < -0.4 is 14.8 Å². The normalized spacial score (nSPS) is 14.1. The molecule has 0 aliphatic carbocycles. The standard InChI is InChI=1S/C20H23NO4/c22-20(23)9-7-17(12-15-4-2-1-3-5-15)21-14-16-6-8-18-19(13-16)25-11-10-24-18/h1-6,8,13,17,21H,7,9-12,14H2,(H,22,23). The van der Waals surface area contributed by atoms with E-state index in [1.807, 2.05) is 36.4 Å². The molecule has 1 unspecified atom stereocenters. The topological polar surface area (TPSA) is 67.8 Å². The molecule has 132 valence electrons. The molecular weight excluding hydrogens is 318 g/mol. The first-order chi connectivity index (χ1) is 12.2. The molecule has 2 aromatic rings. The summed E-state index contributed by atoms with van der Waals surface area (Å²) in [7, 11) is 0. The van der Waals surface area contributed by atoms with Gasteiger partial charge in [0.2, 0.25) is 0 Å². The fraction of sp³-hybridized carbons (Fsp3) is 0.350. The number of carboxylic acids is 1. The number of benzene rings is 2. The Morgan fingerprint density at radius 3 is 2.56 bits per heavy atom. The Morgan fingerprint density at radius 2 is 1.80 bits per heavy atom. The molecule has 0 amide bonds. The van der Waals surface area contributed by atoms with Crippen LogP contribution in [0.5, 0.6) is 11.5 Å². The van der Waals surface area contributed by atoms with Crippen molar-refractivity contribution in [1.82, 2.24) is 5.32 Å². The molecule has 0 bridgehead atoms. The van der Waals surface area contributed by atoms with E-state index in [-0.39, 0.29) is 12.5 Å². The van der Waals surface area contributed by atoms with Crippen molar-refractivity contribution in [1.29, 1.82) is 0 Å². The van der Waals surface area contributed by atoms with Crippen molar-refractivity contribution in [3.05, 3.63) is 59.7 Å². The van der Waals surface area contributed by atoms with E-state index in [2.05, 4.69) is 17.4 Å². The molecule has 0 spiro atoms. The van der Waals surface area contributed by atoms with Crippen molar-refractivity contribution in [3.8, 4) is 11.5 Å². The Labute approximate surface area is 147 Å². The van der Waals surface area contributed by atoms with Crippen LogP contribution in [0.15, 0.2) is 48.5 Å². The summed E-state index contributed by atoms with van der Waals surface area (Å²) in [6, 6.07) is 16.2. The third-order valence-corrected chi connectivity index (χ3v) is 4.23. The molecule has 1 aliphatic heterocycles. The maximum absolute atomic E-state index is 10.9. The summed E-state index contributed by atoms with van der Waals surface area (Å²) in [5, 5.41) is 12.5. The first kappa shape index (κ1) is 17.3. The number of carbonyl (C=O) groups is 1. The molecule has 1 aliphatic rings. The first-order valence-corrected chi connectivity index (χ1v) is 8.58. The third-order valence-electron chi connectivity index (χ3n) is 4.23. The Morgan fingerprint density at radius 1 is 1.04 bits per heavy atom. The van der Waals surface area contributed by atoms with Gasteiger partial charge in [0.1, 0.15) is 13.2 Å². The van der Waals surface area contributed by atoms with Gasteiger partial charge in [-0.25, -0.2) is 0 Å². The summed E-state index contributed by atoms with van der Waals surface area (Å²) in [5.41, 5.74) is 2.30. The minimum atomic E-state index is -0.765. The van der Waals surface area contributed by atoms with Crippen LogP contribution in [0.25, 0.3) is 0 Å². The van der Waals surface area contributed by atoms with Gasteiger partial charge < -0.3 is 19.9 Å². The zero-order chi connectivity index (χ0) is 17.5. The predicted molar refractivity (Wildman–Crippen MR) is 95.1 cm³/mol. The molecule has 0 fully saturated rings. The lowest BCUT2D eigenvalue weighted by Crippen LogP contribution is -2.31. The highest BCUT2D eigenvalue weighted by atomic mass is 16.6. The number of rotatable bonds is 8. The van der Waals surface area contributed by atoms with E-state index in [1.165, 1.54) is 5.56 Å². The fourth-order valence-corrected chi connectivity index (χ4v) is 2.93. The SMILES string of the molecule is O=C(O)CCC(Cc1ccccc1)NCc1ccc2c(c1)OCCO2. The maximum atomic E-state index is 10.9. The first-order valence-electron chi connectivity index (χ1n) is 8.58. The molecule has 5 nitrogen and oxygen atoms in total. The highest BCUT2D eigenvalue weighted by Gasteiger charge is 2.14. The molecule has 2 N–H and O–H groups in total. The van der Waals surface area contributed by atoms with Crippen LogP contribution in [0.1, 0.15) is 24.0 Å². The van der Waals surface area contributed by atoms with Gasteiger partial charge in [-0.3, -0.25) is 4.79 Å². The van der Waals surface area contributed by atoms with Crippen molar-refractivity contribution in [2.45, 2.75) is 31.8 Å². The number of carboxylic acid groups (broad SMARTS) is 1. The molecule has 1 atom stereocenters. The third kappa shape index (κ3) is 5.22. The van der Waals surface area contributed by atoms with Crippen LogP contribution in [0.2, 0.25) is 0 Å². The van der Waals surface area contributed by atoms with E-state index in [9.17, 15) is 4.79 Å². The molecule has 0 aromatic heterocycles. The Bertz CT molecular complexity index is 702. The van der Waals surface area contributed by atoms with Crippen molar-refractivity contribution in [2.24, 2.45) is 0 Å². The number of hydrogen-bond donors (Lipinski definition) is 2. The summed E-state index contributed by atoms with van der Waals surface area (Å²) >= 11 is 0. The van der Waals surface area contributed by atoms with Crippen molar-refractivity contribution in [2.75, 3.05) is 13.2 Å². The molecule has 3 rings (SSSR count).